The number of aromatic carboxylic acids is 1. The Hall–Kier alpha value is -10.7. The zero-order valence-electron chi connectivity index (χ0n) is 57.1. The van der Waals surface area contributed by atoms with Gasteiger partial charge in [0.1, 0.15) is 76.9 Å². The van der Waals surface area contributed by atoms with Crippen molar-refractivity contribution in [1.82, 2.24) is 41.0 Å². The molecule has 5 N–H and O–H groups in total. The van der Waals surface area contributed by atoms with E-state index in [9.17, 15) is 53.1 Å². The lowest BCUT2D eigenvalue weighted by Gasteiger charge is -2.29. The molecule has 8 aliphatic rings. The zero-order valence-corrected chi connectivity index (χ0v) is 57.1. The number of ether oxygens (including phenoxy) is 6. The lowest BCUT2D eigenvalue weighted by atomic mass is 10.0. The van der Waals surface area contributed by atoms with E-state index < -0.39 is 107 Å². The molecular weight excluding hydrogens is 1310 g/mol. The third kappa shape index (κ3) is 16.4. The molecule has 4 aromatic rings. The summed E-state index contributed by atoms with van der Waals surface area (Å²) < 4.78 is 34.3. The number of nitrogens with zero attached hydrogens (tertiary/aromatic N) is 6. The molecule has 4 aliphatic heterocycles. The van der Waals surface area contributed by atoms with E-state index in [1.165, 1.54) is 36.2 Å². The molecule has 0 radical (unpaired) electrons. The van der Waals surface area contributed by atoms with E-state index in [-0.39, 0.29) is 78.4 Å². The van der Waals surface area contributed by atoms with Crippen molar-refractivity contribution in [2.75, 3.05) is 27.3 Å². The number of aromatic nitrogens is 2. The number of carboxylic acid groups (broad SMARTS) is 1. The van der Waals surface area contributed by atoms with E-state index in [1.54, 1.807) is 36.4 Å². The van der Waals surface area contributed by atoms with Gasteiger partial charge in [-0.15, -0.1) is 12.8 Å². The van der Waals surface area contributed by atoms with Crippen LogP contribution in [0.3, 0.4) is 0 Å². The van der Waals surface area contributed by atoms with Gasteiger partial charge in [0.2, 0.25) is 23.6 Å². The number of amides is 6. The van der Waals surface area contributed by atoms with Crippen LogP contribution in [0.25, 0.3) is 27.3 Å². The van der Waals surface area contributed by atoms with Crippen LogP contribution in [0.15, 0.2) is 72.8 Å². The molecule has 6 amide bonds. The van der Waals surface area contributed by atoms with Crippen molar-refractivity contribution < 1.29 is 86.3 Å². The molecule has 4 saturated carbocycles. The number of methoxy groups -OCH3 is 2. The number of alkyl carbamates (subject to hydrolysis) is 2. The number of allylic oxidation sites excluding steroid dienone is 2. The van der Waals surface area contributed by atoms with Crippen LogP contribution in [0.2, 0.25) is 0 Å². The van der Waals surface area contributed by atoms with Crippen molar-refractivity contribution in [2.24, 2.45) is 11.8 Å². The lowest BCUT2D eigenvalue weighted by Crippen LogP contribution is -2.56. The number of carbonyl (C=O) groups is 10. The minimum absolute atomic E-state index is 0.0224. The summed E-state index contributed by atoms with van der Waals surface area (Å²) in [7, 11) is 2.54. The van der Waals surface area contributed by atoms with E-state index in [0.717, 1.165) is 89.9 Å². The average molecular weight is 1400 g/mol. The summed E-state index contributed by atoms with van der Waals surface area (Å²) in [5.41, 5.74) is 7.43. The van der Waals surface area contributed by atoms with Crippen LogP contribution in [-0.2, 0) is 47.7 Å². The van der Waals surface area contributed by atoms with Gasteiger partial charge in [-0.2, -0.15) is 4.79 Å². The summed E-state index contributed by atoms with van der Waals surface area (Å²) in [5, 5.41) is 22.1. The monoisotopic (exact) mass is 1400 g/mol. The second kappa shape index (κ2) is 32.3. The molecule has 0 spiro atoms. The zero-order chi connectivity index (χ0) is 72.2. The first kappa shape index (κ1) is 72.6. The highest BCUT2D eigenvalue weighted by Gasteiger charge is 2.63. The Kier molecular flexibility index (Phi) is 23.0. The first-order valence-corrected chi connectivity index (χ1v) is 35.1. The van der Waals surface area contributed by atoms with E-state index >= 15 is 0 Å². The van der Waals surface area contributed by atoms with Crippen molar-refractivity contribution in [3.63, 3.8) is 0 Å². The van der Waals surface area contributed by atoms with Crippen LogP contribution in [0.5, 0.6) is 11.5 Å². The predicted molar refractivity (Wildman–Crippen MR) is 367 cm³/mol. The van der Waals surface area contributed by atoms with Crippen molar-refractivity contribution >= 4 is 87.5 Å². The van der Waals surface area contributed by atoms with Crippen molar-refractivity contribution in [3.8, 4) is 36.2 Å². The summed E-state index contributed by atoms with van der Waals surface area (Å²) in [4.78, 5) is 148. The van der Waals surface area contributed by atoms with Crippen LogP contribution in [-0.4, -0.2) is 182 Å². The average Bonchev–Trinajstić information content (AvgIpc) is 1.58. The molecule has 0 bridgehead atoms. The van der Waals surface area contributed by atoms with Gasteiger partial charge in [0, 0.05) is 47.6 Å². The fourth-order valence-corrected chi connectivity index (χ4v) is 14.9. The SMILES string of the molecule is C#Cc1cccc2c(O[C@@H]3C[C@H]4C(=O)N[C@]5(C(=O)OC)CC5/C=C\CCCCC[C@H](NC(=O)OC5CCCC5)C(=O)N4C3)cc(C(=O)C=[N+]=[N-])nc12.C#Cc1cccc2c(O[C@@H]3C[C@H]4C(=O)N[C@]5(C(=O)OC)CC5/C=C\CCCCC[C@H](NC(=O)OC5CCCC5)C(=O)N4C3)cc(C(=O)O)nc12. The molecule has 102 heavy (non-hydrogen) atoms. The quantitative estimate of drug-likeness (QED) is 0.0126. The lowest BCUT2D eigenvalue weighted by molar-refractivity contribution is -0.148. The van der Waals surface area contributed by atoms with Crippen molar-refractivity contribution in [1.29, 1.82) is 0 Å². The minimum atomic E-state index is -1.28. The maximum atomic E-state index is 14.5. The van der Waals surface area contributed by atoms with Gasteiger partial charge in [-0.3, -0.25) is 24.0 Å². The van der Waals surface area contributed by atoms with Crippen LogP contribution in [0.4, 0.5) is 9.59 Å². The second-order valence-corrected chi connectivity index (χ2v) is 27.3. The van der Waals surface area contributed by atoms with Gasteiger partial charge in [0.25, 0.3) is 5.78 Å². The number of fused-ring (bicyclic) bond motifs is 6. The third-order valence-electron chi connectivity index (χ3n) is 20.5. The van der Waals surface area contributed by atoms with Gasteiger partial charge in [0.05, 0.1) is 49.5 Å². The molecule has 10 atom stereocenters. The van der Waals surface area contributed by atoms with Gasteiger partial charge >= 0.3 is 36.3 Å². The second-order valence-electron chi connectivity index (χ2n) is 27.3. The molecular formula is C75H84N10O17. The summed E-state index contributed by atoms with van der Waals surface area (Å²) in [6.07, 6.45) is 31.1. The fourth-order valence-electron chi connectivity index (χ4n) is 14.9. The minimum Gasteiger partial charge on any atom is -0.488 e. The number of pyridine rings is 2. The molecule has 2 unspecified atom stereocenters. The maximum Gasteiger partial charge on any atom is 0.408 e. The van der Waals surface area contributed by atoms with Crippen LogP contribution in [0.1, 0.15) is 173 Å². The molecule has 2 saturated heterocycles. The Morgan fingerprint density at radius 3 is 1.44 bits per heavy atom. The van der Waals surface area contributed by atoms with Crippen LogP contribution >= 0.6 is 0 Å². The number of hydrogen-bond acceptors (Lipinski definition) is 18. The largest absolute Gasteiger partial charge is 0.488 e. The number of benzene rings is 2. The number of Topliss-reactive ketones (excluding diaryl/α,β-unsaturated/α-hetero) is 1. The topological polar surface area (TPSA) is 363 Å². The molecule has 6 fully saturated rings. The highest BCUT2D eigenvalue weighted by Crippen LogP contribution is 2.48. The van der Waals surface area contributed by atoms with Gasteiger partial charge in [-0.1, -0.05) is 74.0 Å². The fraction of sp³-hybridized carbons (Fsp3) is 0.507. The predicted octanol–water partition coefficient (Wildman–Crippen LogP) is 7.52. The van der Waals surface area contributed by atoms with Crippen LogP contribution in [0, 0.1) is 36.5 Å². The third-order valence-corrected chi connectivity index (χ3v) is 20.5. The Morgan fingerprint density at radius 2 is 1.03 bits per heavy atom. The number of rotatable bonds is 13. The molecule has 4 aliphatic carbocycles. The van der Waals surface area contributed by atoms with Crippen molar-refractivity contribution in [2.45, 2.75) is 201 Å². The number of nitrogens with one attached hydrogen (secondary N) is 4. The molecule has 6 heterocycles. The van der Waals surface area contributed by atoms with Crippen LogP contribution < -0.4 is 30.7 Å². The van der Waals surface area contributed by atoms with Gasteiger partial charge in [0.15, 0.2) is 5.69 Å². The number of carboxylic acids is 1. The van der Waals surface area contributed by atoms with Gasteiger partial charge in [-0.05, 0) is 127 Å². The molecule has 12 rings (SSSR count). The summed E-state index contributed by atoms with van der Waals surface area (Å²) in [6.45, 7) is -0.107. The Bertz CT molecular complexity index is 4140. The number of carbonyl (C=O) groups excluding carboxylic acids is 9. The Balaban J connectivity index is 0.000000205. The van der Waals surface area contributed by atoms with E-state index in [4.69, 9.17) is 46.8 Å². The normalized spacial score (nSPS) is 27.4. The maximum absolute atomic E-state index is 14.5. The first-order valence-electron chi connectivity index (χ1n) is 35.1. The number of terminal acetylenes is 2. The summed E-state index contributed by atoms with van der Waals surface area (Å²) in [5.74, 6) is -0.270. The summed E-state index contributed by atoms with van der Waals surface area (Å²) >= 11 is 0. The smallest absolute Gasteiger partial charge is 0.408 e. The number of ketones is 1. The Morgan fingerprint density at radius 1 is 0.608 bits per heavy atom. The standard InChI is InChI=1S/C38H42N6O8.C37H42N4O9/c1-3-23-12-11-16-27-32(19-29(41-33(23)27)31(45)21-40-39)51-26-18-30-34(46)43-38(36(48)50-2)20-24(38)13-7-5-4-6-8-17-28(35(47)44(30)22-26)42-37(49)52-25-14-9-10-15-25;1-3-22-12-11-16-26-30(19-28(34(44)45)38-31(22)26)49-25-18-29-32(42)40-37(35(46)48-2)20-23(37)13-7-5-4-6-8-17-27(33(43)41(29)21-25)39-36(47)50-24-14-9-10-15-24/h1,7,11-13,16,19,21,24-26,28,30H,4-6,8-10,14-15,17-18,20,22H2,2H3,(H,42,49)(H,43,46);1,7,11-13,16,19,23-25,27,29H,4-6,8-10,14-15,17-18,20-21H2,2H3,(H,39,47)(H,40,42)(H,44,45)/b2*13-7-/t24?,26-,28+,30+,38-;23?,25-,27+,29+,37-/m11/s1. The van der Waals surface area contributed by atoms with E-state index in [0.29, 0.717) is 72.2 Å². The van der Waals surface area contributed by atoms with E-state index in [2.05, 4.69) is 47.9 Å². The number of esters is 2. The van der Waals surface area contributed by atoms with Crippen molar-refractivity contribution in [3.05, 3.63) is 101 Å². The number of para-hydroxylation sites is 2. The molecule has 536 valence electrons. The van der Waals surface area contributed by atoms with Gasteiger partial charge in [-0.25, -0.2) is 33.9 Å². The molecule has 27 heteroatoms. The highest BCUT2D eigenvalue weighted by atomic mass is 16.6. The summed E-state index contributed by atoms with van der Waals surface area (Å²) in [6, 6.07) is 8.71. The molecule has 27 nitrogen and oxygen atoms in total. The molecule has 2 aromatic carbocycles. The first-order chi connectivity index (χ1) is 49.3. The van der Waals surface area contributed by atoms with Gasteiger partial charge < -0.3 is 70.1 Å². The Labute approximate surface area is 589 Å². The van der Waals surface area contributed by atoms with E-state index in [1.807, 2.05) is 24.3 Å². The number of hydrogen-bond donors (Lipinski definition) is 5. The molecule has 2 aromatic heterocycles. The highest BCUT2D eigenvalue weighted by molar-refractivity contribution is 6.33.